The number of carbonyl (C=O) groups excluding carboxylic acids is 1. The highest BCUT2D eigenvalue weighted by molar-refractivity contribution is 5.89. The lowest BCUT2D eigenvalue weighted by molar-refractivity contribution is -0.136. The zero-order valence-corrected chi connectivity index (χ0v) is 12.7. The molecular weight excluding hydrogens is 270 g/mol. The number of rotatable bonds is 7. The van der Waals surface area contributed by atoms with Gasteiger partial charge in [0, 0.05) is 24.7 Å². The average molecular weight is 293 g/mol. The average Bonchev–Trinajstić information content (AvgIpc) is 2.43. The number of urea groups is 1. The molecule has 0 saturated carbocycles. The summed E-state index contributed by atoms with van der Waals surface area (Å²) in [4.78, 5) is 24.2. The van der Waals surface area contributed by atoms with E-state index in [0.29, 0.717) is 18.7 Å². The number of hydrogen-bond donors (Lipinski definition) is 3. The number of amides is 2. The Bertz CT molecular complexity index is 472. The van der Waals surface area contributed by atoms with Crippen molar-refractivity contribution >= 4 is 17.7 Å². The molecule has 3 N–H and O–H groups in total. The maximum absolute atomic E-state index is 11.7. The molecule has 0 saturated heterocycles. The molecule has 0 radical (unpaired) electrons. The number of aliphatic carboxylic acids is 1. The molecule has 21 heavy (non-hydrogen) atoms. The van der Waals surface area contributed by atoms with E-state index in [2.05, 4.69) is 10.6 Å². The summed E-state index contributed by atoms with van der Waals surface area (Å²) >= 11 is 0. The summed E-state index contributed by atoms with van der Waals surface area (Å²) in [5.41, 5.74) is 1.62. The summed E-state index contributed by atoms with van der Waals surface area (Å²) in [5, 5.41) is 14.2. The van der Waals surface area contributed by atoms with E-state index < -0.39 is 5.97 Å². The number of anilines is 1. The fourth-order valence-electron chi connectivity index (χ4n) is 1.60. The van der Waals surface area contributed by atoms with Crippen LogP contribution in [-0.4, -0.2) is 48.7 Å². The Kier molecular flexibility index (Phi) is 6.68. The molecule has 6 nitrogen and oxygen atoms in total. The number of carboxylic acids is 1. The second-order valence-electron chi connectivity index (χ2n) is 5.24. The monoisotopic (exact) mass is 293 g/mol. The normalized spacial score (nSPS) is 12.0. The van der Waals surface area contributed by atoms with Crippen molar-refractivity contribution in [3.63, 3.8) is 0 Å². The number of benzene rings is 1. The van der Waals surface area contributed by atoms with Gasteiger partial charge in [0.2, 0.25) is 0 Å². The van der Waals surface area contributed by atoms with Gasteiger partial charge in [0.05, 0.1) is 0 Å². The highest BCUT2D eigenvalue weighted by Crippen LogP contribution is 2.11. The first-order valence-electron chi connectivity index (χ1n) is 6.90. The van der Waals surface area contributed by atoms with Gasteiger partial charge in [-0.25, -0.2) is 4.79 Å². The Balaban J connectivity index is 2.41. The van der Waals surface area contributed by atoms with E-state index in [1.54, 1.807) is 12.1 Å². The first-order chi connectivity index (χ1) is 9.88. The number of likely N-dealkylation sites (N-methyl/N-ethyl adjacent to an activating group) is 1. The molecule has 1 aromatic carbocycles. The van der Waals surface area contributed by atoms with Gasteiger partial charge in [-0.1, -0.05) is 12.1 Å². The number of carboxylic acid groups (broad SMARTS) is 1. The van der Waals surface area contributed by atoms with Crippen LogP contribution in [0, 0.1) is 0 Å². The maximum atomic E-state index is 11.7. The van der Waals surface area contributed by atoms with Crippen LogP contribution in [0.3, 0.4) is 0 Å². The van der Waals surface area contributed by atoms with E-state index in [4.69, 9.17) is 5.11 Å². The van der Waals surface area contributed by atoms with Crippen molar-refractivity contribution in [2.24, 2.45) is 0 Å². The summed E-state index contributed by atoms with van der Waals surface area (Å²) in [7, 11) is 3.92. The van der Waals surface area contributed by atoms with E-state index >= 15 is 0 Å². The van der Waals surface area contributed by atoms with E-state index in [-0.39, 0.29) is 18.5 Å². The predicted molar refractivity (Wildman–Crippen MR) is 82.6 cm³/mol. The molecule has 0 aliphatic rings. The van der Waals surface area contributed by atoms with Gasteiger partial charge < -0.3 is 20.6 Å². The number of carbonyl (C=O) groups is 2. The van der Waals surface area contributed by atoms with Crippen molar-refractivity contribution < 1.29 is 14.7 Å². The van der Waals surface area contributed by atoms with E-state index in [9.17, 15) is 9.59 Å². The molecule has 0 aliphatic carbocycles. The molecule has 1 rings (SSSR count). The minimum absolute atomic E-state index is 0.107. The van der Waals surface area contributed by atoms with Crippen LogP contribution >= 0.6 is 0 Å². The summed E-state index contributed by atoms with van der Waals surface area (Å²) in [6.45, 7) is 2.59. The van der Waals surface area contributed by atoms with Gasteiger partial charge in [-0.05, 0) is 45.1 Å². The molecule has 6 heteroatoms. The molecule has 1 unspecified atom stereocenters. The quantitative estimate of drug-likeness (QED) is 0.715. The lowest BCUT2D eigenvalue weighted by Crippen LogP contribution is -2.40. The van der Waals surface area contributed by atoms with Crippen LogP contribution in [0.2, 0.25) is 0 Å². The van der Waals surface area contributed by atoms with Gasteiger partial charge >= 0.3 is 12.0 Å². The minimum atomic E-state index is -0.813. The smallest absolute Gasteiger partial charge is 0.319 e. The molecule has 0 bridgehead atoms. The van der Waals surface area contributed by atoms with Gasteiger partial charge in [0.25, 0.3) is 0 Å². The Morgan fingerprint density at radius 1 is 1.24 bits per heavy atom. The first-order valence-corrected chi connectivity index (χ1v) is 6.90. The van der Waals surface area contributed by atoms with Crippen molar-refractivity contribution in [2.45, 2.75) is 25.8 Å². The van der Waals surface area contributed by atoms with E-state index in [0.717, 1.165) is 5.56 Å². The van der Waals surface area contributed by atoms with Crippen molar-refractivity contribution in [3.05, 3.63) is 29.8 Å². The van der Waals surface area contributed by atoms with Crippen molar-refractivity contribution in [2.75, 3.05) is 26.0 Å². The van der Waals surface area contributed by atoms with E-state index in [1.807, 2.05) is 38.1 Å². The van der Waals surface area contributed by atoms with Crippen LogP contribution in [0.1, 0.15) is 18.9 Å². The van der Waals surface area contributed by atoms with Gasteiger partial charge in [-0.3, -0.25) is 4.79 Å². The van der Waals surface area contributed by atoms with Crippen molar-refractivity contribution in [1.82, 2.24) is 10.2 Å². The summed E-state index contributed by atoms with van der Waals surface area (Å²) < 4.78 is 0. The SMILES string of the molecule is CC(CNC(=O)Nc1ccc(CCC(=O)O)cc1)N(C)C. The third-order valence-electron chi connectivity index (χ3n) is 3.28. The van der Waals surface area contributed by atoms with Crippen molar-refractivity contribution in [1.29, 1.82) is 0 Å². The molecule has 0 spiro atoms. The number of nitrogens with zero attached hydrogens (tertiary/aromatic N) is 1. The molecular formula is C15H23N3O3. The summed E-state index contributed by atoms with van der Waals surface area (Å²) in [6.07, 6.45) is 0.595. The Morgan fingerprint density at radius 2 is 1.86 bits per heavy atom. The van der Waals surface area contributed by atoms with E-state index in [1.165, 1.54) is 0 Å². The number of aryl methyl sites for hydroxylation is 1. The van der Waals surface area contributed by atoms with Gasteiger partial charge in [-0.2, -0.15) is 0 Å². The zero-order chi connectivity index (χ0) is 15.8. The standard InChI is InChI=1S/C15H23N3O3/c1-11(18(2)3)10-16-15(21)17-13-7-4-12(5-8-13)6-9-14(19)20/h4-5,7-8,11H,6,9-10H2,1-3H3,(H,19,20)(H2,16,17,21). The molecule has 1 atom stereocenters. The number of hydrogen-bond acceptors (Lipinski definition) is 3. The van der Waals surface area contributed by atoms with Crippen LogP contribution in [-0.2, 0) is 11.2 Å². The fraction of sp³-hybridized carbons (Fsp3) is 0.467. The molecule has 0 heterocycles. The first kappa shape index (κ1) is 17.0. The van der Waals surface area contributed by atoms with Crippen LogP contribution in [0.15, 0.2) is 24.3 Å². The molecule has 0 aromatic heterocycles. The summed E-state index contributed by atoms with van der Waals surface area (Å²) in [6, 6.07) is 7.19. The second-order valence-corrected chi connectivity index (χ2v) is 5.24. The topological polar surface area (TPSA) is 81.7 Å². The number of nitrogens with one attached hydrogen (secondary N) is 2. The highest BCUT2D eigenvalue weighted by atomic mass is 16.4. The zero-order valence-electron chi connectivity index (χ0n) is 12.7. The fourth-order valence-corrected chi connectivity index (χ4v) is 1.60. The Hall–Kier alpha value is -2.08. The summed E-state index contributed by atoms with van der Waals surface area (Å²) in [5.74, 6) is -0.813. The Labute approximate surface area is 125 Å². The molecule has 2 amide bonds. The Morgan fingerprint density at radius 3 is 2.38 bits per heavy atom. The van der Waals surface area contributed by atoms with Gasteiger partial charge in [0.15, 0.2) is 0 Å². The van der Waals surface area contributed by atoms with Gasteiger partial charge in [-0.15, -0.1) is 0 Å². The van der Waals surface area contributed by atoms with Crippen LogP contribution in [0.5, 0.6) is 0 Å². The van der Waals surface area contributed by atoms with Crippen LogP contribution < -0.4 is 10.6 Å². The third kappa shape index (κ3) is 6.76. The molecule has 0 aliphatic heterocycles. The lowest BCUT2D eigenvalue weighted by Gasteiger charge is -2.20. The molecule has 116 valence electrons. The highest BCUT2D eigenvalue weighted by Gasteiger charge is 2.07. The predicted octanol–water partition coefficient (Wildman–Crippen LogP) is 1.78. The maximum Gasteiger partial charge on any atom is 0.319 e. The molecule has 0 fully saturated rings. The van der Waals surface area contributed by atoms with Gasteiger partial charge in [0.1, 0.15) is 0 Å². The molecule has 1 aromatic rings. The largest absolute Gasteiger partial charge is 0.481 e. The van der Waals surface area contributed by atoms with Crippen LogP contribution in [0.4, 0.5) is 10.5 Å². The lowest BCUT2D eigenvalue weighted by atomic mass is 10.1. The van der Waals surface area contributed by atoms with Crippen molar-refractivity contribution in [3.8, 4) is 0 Å². The second kappa shape index (κ2) is 8.26. The van der Waals surface area contributed by atoms with Crippen LogP contribution in [0.25, 0.3) is 0 Å². The minimum Gasteiger partial charge on any atom is -0.481 e. The third-order valence-corrected chi connectivity index (χ3v) is 3.28.